The van der Waals surface area contributed by atoms with Crippen LogP contribution in [0, 0.1) is 0 Å². The van der Waals surface area contributed by atoms with Gasteiger partial charge >= 0.3 is 5.97 Å². The molecule has 3 rings (SSSR count). The molecule has 0 radical (unpaired) electrons. The molecule has 5 nitrogen and oxygen atoms in total. The third-order valence-corrected chi connectivity index (χ3v) is 5.81. The van der Waals surface area contributed by atoms with E-state index in [2.05, 4.69) is 5.32 Å². The lowest BCUT2D eigenvalue weighted by molar-refractivity contribution is 0.0697. The van der Waals surface area contributed by atoms with Crippen LogP contribution in [0.2, 0.25) is 20.1 Å². The van der Waals surface area contributed by atoms with Gasteiger partial charge in [-0.15, -0.1) is 0 Å². The van der Waals surface area contributed by atoms with E-state index in [0.717, 1.165) is 5.56 Å². The van der Waals surface area contributed by atoms with Crippen molar-refractivity contribution >= 4 is 58.1 Å². The first-order valence-corrected chi connectivity index (χ1v) is 11.1. The number of ether oxygens (including phenoxy) is 2. The molecule has 0 aliphatic carbocycles. The van der Waals surface area contributed by atoms with E-state index in [9.17, 15) is 9.90 Å². The monoisotopic (exact) mass is 513 g/mol. The van der Waals surface area contributed by atoms with E-state index >= 15 is 0 Å². The molecule has 0 amide bonds. The summed E-state index contributed by atoms with van der Waals surface area (Å²) in [5.41, 5.74) is 2.06. The van der Waals surface area contributed by atoms with E-state index < -0.39 is 5.97 Å². The Balaban J connectivity index is 1.81. The maximum atomic E-state index is 11.2. The highest BCUT2D eigenvalue weighted by atomic mass is 35.5. The van der Waals surface area contributed by atoms with E-state index in [1.54, 1.807) is 30.3 Å². The van der Waals surface area contributed by atoms with Gasteiger partial charge in [0.25, 0.3) is 0 Å². The van der Waals surface area contributed by atoms with Gasteiger partial charge < -0.3 is 19.9 Å². The standard InChI is InChI=1S/C23H19Cl4NO4/c1-2-31-21-9-13(11-28-20-10-14(23(29)30)6-7-18(20)26)8-19(27)22(21)32-12-15-16(24)4-3-5-17(15)25/h3-10,28H,2,11-12H2,1H3,(H,29,30). The molecule has 0 saturated carbocycles. The quantitative estimate of drug-likeness (QED) is 0.308. The summed E-state index contributed by atoms with van der Waals surface area (Å²) in [6.07, 6.45) is 0. The summed E-state index contributed by atoms with van der Waals surface area (Å²) in [5, 5.41) is 14.0. The lowest BCUT2D eigenvalue weighted by Crippen LogP contribution is -2.05. The number of nitrogens with one attached hydrogen (secondary N) is 1. The number of rotatable bonds is 9. The number of aromatic carboxylic acids is 1. The van der Waals surface area contributed by atoms with Crippen LogP contribution in [0.25, 0.3) is 0 Å². The average molecular weight is 515 g/mol. The van der Waals surface area contributed by atoms with Crippen molar-refractivity contribution in [3.63, 3.8) is 0 Å². The average Bonchev–Trinajstić information content (AvgIpc) is 2.74. The van der Waals surface area contributed by atoms with Crippen LogP contribution in [-0.4, -0.2) is 17.7 Å². The molecule has 0 aliphatic heterocycles. The number of hydrogen-bond donors (Lipinski definition) is 2. The fourth-order valence-electron chi connectivity index (χ4n) is 2.93. The zero-order chi connectivity index (χ0) is 23.3. The summed E-state index contributed by atoms with van der Waals surface area (Å²) in [4.78, 5) is 11.2. The molecule has 3 aromatic rings. The Morgan fingerprint density at radius 2 is 1.66 bits per heavy atom. The van der Waals surface area contributed by atoms with Gasteiger partial charge in [-0.1, -0.05) is 52.5 Å². The van der Waals surface area contributed by atoms with Gasteiger partial charge in [-0.25, -0.2) is 4.79 Å². The Labute approximate surface area is 205 Å². The van der Waals surface area contributed by atoms with Crippen molar-refractivity contribution in [1.82, 2.24) is 0 Å². The van der Waals surface area contributed by atoms with Crippen LogP contribution in [0.3, 0.4) is 0 Å². The molecule has 168 valence electrons. The zero-order valence-electron chi connectivity index (χ0n) is 16.9. The predicted molar refractivity (Wildman–Crippen MR) is 129 cm³/mol. The van der Waals surface area contributed by atoms with Crippen LogP contribution < -0.4 is 14.8 Å². The minimum absolute atomic E-state index is 0.119. The van der Waals surface area contributed by atoms with Gasteiger partial charge in [0.15, 0.2) is 11.5 Å². The Morgan fingerprint density at radius 1 is 0.938 bits per heavy atom. The minimum Gasteiger partial charge on any atom is -0.490 e. The molecular weight excluding hydrogens is 496 g/mol. The number of carboxylic acids is 1. The van der Waals surface area contributed by atoms with Crippen LogP contribution >= 0.6 is 46.4 Å². The second-order valence-electron chi connectivity index (χ2n) is 6.68. The molecule has 0 unspecified atom stereocenters. The number of carbonyl (C=O) groups is 1. The van der Waals surface area contributed by atoms with Crippen LogP contribution in [0.5, 0.6) is 11.5 Å². The molecule has 0 fully saturated rings. The van der Waals surface area contributed by atoms with E-state index in [0.29, 0.717) is 56.0 Å². The fourth-order valence-corrected chi connectivity index (χ4v) is 3.91. The van der Waals surface area contributed by atoms with Crippen LogP contribution in [0.15, 0.2) is 48.5 Å². The first-order chi connectivity index (χ1) is 15.3. The number of benzene rings is 3. The highest BCUT2D eigenvalue weighted by Crippen LogP contribution is 2.38. The molecule has 0 atom stereocenters. The summed E-state index contributed by atoms with van der Waals surface area (Å²) in [5.74, 6) is -0.198. The van der Waals surface area contributed by atoms with Crippen molar-refractivity contribution in [3.05, 3.63) is 85.3 Å². The summed E-state index contributed by atoms with van der Waals surface area (Å²) in [6.45, 7) is 2.71. The van der Waals surface area contributed by atoms with Gasteiger partial charge in [-0.05, 0) is 55.0 Å². The van der Waals surface area contributed by atoms with E-state index in [1.807, 2.05) is 6.92 Å². The van der Waals surface area contributed by atoms with Crippen molar-refractivity contribution in [1.29, 1.82) is 0 Å². The van der Waals surface area contributed by atoms with E-state index in [1.165, 1.54) is 18.2 Å². The highest BCUT2D eigenvalue weighted by molar-refractivity contribution is 6.36. The van der Waals surface area contributed by atoms with Crippen molar-refractivity contribution in [2.75, 3.05) is 11.9 Å². The third kappa shape index (κ3) is 5.93. The smallest absolute Gasteiger partial charge is 0.335 e. The Hall–Kier alpha value is -2.31. The number of hydrogen-bond acceptors (Lipinski definition) is 4. The number of halogens is 4. The van der Waals surface area contributed by atoms with Crippen molar-refractivity contribution in [3.8, 4) is 11.5 Å². The summed E-state index contributed by atoms with van der Waals surface area (Å²) < 4.78 is 11.6. The molecular formula is C23H19Cl4NO4. The number of carboxylic acid groups (broad SMARTS) is 1. The molecule has 32 heavy (non-hydrogen) atoms. The highest BCUT2D eigenvalue weighted by Gasteiger charge is 2.15. The normalized spacial score (nSPS) is 10.7. The first-order valence-electron chi connectivity index (χ1n) is 9.57. The number of anilines is 1. The fraction of sp³-hybridized carbons (Fsp3) is 0.174. The van der Waals surface area contributed by atoms with Gasteiger partial charge in [0.05, 0.1) is 27.9 Å². The van der Waals surface area contributed by atoms with Gasteiger partial charge in [0.2, 0.25) is 0 Å². The van der Waals surface area contributed by atoms with Gasteiger partial charge in [0, 0.05) is 22.2 Å². The lowest BCUT2D eigenvalue weighted by Gasteiger charge is -2.17. The molecule has 0 bridgehead atoms. The second-order valence-corrected chi connectivity index (χ2v) is 8.31. The Bertz CT molecular complexity index is 1120. The third-order valence-electron chi connectivity index (χ3n) is 4.49. The lowest BCUT2D eigenvalue weighted by atomic mass is 10.1. The van der Waals surface area contributed by atoms with Crippen LogP contribution in [-0.2, 0) is 13.2 Å². The maximum Gasteiger partial charge on any atom is 0.335 e. The minimum atomic E-state index is -1.04. The summed E-state index contributed by atoms with van der Waals surface area (Å²) in [6, 6.07) is 13.2. The summed E-state index contributed by atoms with van der Waals surface area (Å²) in [7, 11) is 0. The van der Waals surface area contributed by atoms with Crippen molar-refractivity contribution < 1.29 is 19.4 Å². The topological polar surface area (TPSA) is 67.8 Å². The SMILES string of the molecule is CCOc1cc(CNc2cc(C(=O)O)ccc2Cl)cc(Cl)c1OCc1c(Cl)cccc1Cl. The zero-order valence-corrected chi connectivity index (χ0v) is 19.9. The van der Waals surface area contributed by atoms with E-state index in [4.69, 9.17) is 55.9 Å². The first kappa shape index (κ1) is 24.3. The van der Waals surface area contributed by atoms with Gasteiger partial charge in [0.1, 0.15) is 6.61 Å². The Morgan fingerprint density at radius 3 is 2.31 bits per heavy atom. The maximum absolute atomic E-state index is 11.2. The molecule has 0 heterocycles. The van der Waals surface area contributed by atoms with Gasteiger partial charge in [-0.3, -0.25) is 0 Å². The molecule has 9 heteroatoms. The predicted octanol–water partition coefficient (Wildman–Crippen LogP) is 7.59. The Kier molecular flexibility index (Phi) is 8.38. The molecule has 2 N–H and O–H groups in total. The van der Waals surface area contributed by atoms with Crippen LogP contribution in [0.4, 0.5) is 5.69 Å². The van der Waals surface area contributed by atoms with E-state index in [-0.39, 0.29) is 12.2 Å². The molecule has 0 aliphatic rings. The van der Waals surface area contributed by atoms with Crippen LogP contribution in [0.1, 0.15) is 28.4 Å². The molecule has 0 aromatic heterocycles. The van der Waals surface area contributed by atoms with Crippen molar-refractivity contribution in [2.24, 2.45) is 0 Å². The molecule has 0 spiro atoms. The van der Waals surface area contributed by atoms with Gasteiger partial charge in [-0.2, -0.15) is 0 Å². The largest absolute Gasteiger partial charge is 0.490 e. The molecule has 0 saturated heterocycles. The summed E-state index contributed by atoms with van der Waals surface area (Å²) >= 11 is 25.1. The van der Waals surface area contributed by atoms with Crippen molar-refractivity contribution in [2.45, 2.75) is 20.1 Å². The second kappa shape index (κ2) is 11.0. The molecule has 3 aromatic carbocycles.